The molecule has 0 fully saturated rings. The van der Waals surface area contributed by atoms with Crippen LogP contribution in [0.15, 0.2) is 40.9 Å². The molecule has 1 aromatic rings. The van der Waals surface area contributed by atoms with Crippen molar-refractivity contribution in [3.05, 3.63) is 36.0 Å². The van der Waals surface area contributed by atoms with Crippen LogP contribution in [0, 0.1) is 11.3 Å². The van der Waals surface area contributed by atoms with Gasteiger partial charge in [-0.25, -0.2) is 13.6 Å². The maximum atomic E-state index is 11.9. The van der Waals surface area contributed by atoms with Crippen molar-refractivity contribution in [2.75, 3.05) is 5.32 Å². The third-order valence-electron chi connectivity index (χ3n) is 2.37. The van der Waals surface area contributed by atoms with Gasteiger partial charge in [-0.05, 0) is 38.1 Å². The predicted molar refractivity (Wildman–Crippen MR) is 78.4 cm³/mol. The Kier molecular flexibility index (Phi) is 5.46. The maximum Gasteiger partial charge on any atom is 0.267 e. The van der Waals surface area contributed by atoms with Gasteiger partial charge in [0.15, 0.2) is 0 Å². The first-order chi connectivity index (χ1) is 9.74. The summed E-state index contributed by atoms with van der Waals surface area (Å²) in [6.07, 6.45) is 1.33. The number of anilines is 1. The summed E-state index contributed by atoms with van der Waals surface area (Å²) in [5, 5.41) is 19.2. The van der Waals surface area contributed by atoms with Crippen LogP contribution in [-0.4, -0.2) is 20.4 Å². The van der Waals surface area contributed by atoms with Gasteiger partial charge < -0.3 is 10.6 Å². The second kappa shape index (κ2) is 6.88. The van der Waals surface area contributed by atoms with Crippen LogP contribution in [0.1, 0.15) is 13.8 Å². The number of rotatable bonds is 5. The van der Waals surface area contributed by atoms with Crippen molar-refractivity contribution in [2.24, 2.45) is 5.14 Å². The van der Waals surface area contributed by atoms with Crippen molar-refractivity contribution < 1.29 is 13.2 Å². The number of nitrogens with zero attached hydrogens (tertiary/aromatic N) is 1. The molecule has 0 unspecified atom stereocenters. The highest BCUT2D eigenvalue weighted by atomic mass is 32.2. The van der Waals surface area contributed by atoms with Crippen molar-refractivity contribution in [3.63, 3.8) is 0 Å². The zero-order valence-electron chi connectivity index (χ0n) is 11.6. The number of hydrogen-bond acceptors (Lipinski definition) is 5. The molecule has 1 amide bonds. The number of sulfonamides is 1. The van der Waals surface area contributed by atoms with Gasteiger partial charge in [-0.1, -0.05) is 0 Å². The first-order valence-electron chi connectivity index (χ1n) is 6.04. The number of primary sulfonamides is 1. The minimum Gasteiger partial charge on any atom is -0.387 e. The van der Waals surface area contributed by atoms with Gasteiger partial charge in [-0.15, -0.1) is 0 Å². The van der Waals surface area contributed by atoms with Gasteiger partial charge >= 0.3 is 0 Å². The van der Waals surface area contributed by atoms with E-state index in [0.717, 1.165) is 0 Å². The average molecular weight is 308 g/mol. The smallest absolute Gasteiger partial charge is 0.267 e. The Bertz CT molecular complexity index is 685. The number of hydrogen-bond donors (Lipinski definition) is 3. The number of carbonyl (C=O) groups is 1. The van der Waals surface area contributed by atoms with Gasteiger partial charge in [0.2, 0.25) is 10.0 Å². The first-order valence-corrected chi connectivity index (χ1v) is 7.59. The zero-order valence-corrected chi connectivity index (χ0v) is 12.4. The lowest BCUT2D eigenvalue weighted by atomic mass is 10.2. The molecule has 0 saturated heterocycles. The van der Waals surface area contributed by atoms with Gasteiger partial charge in [0, 0.05) is 17.9 Å². The molecule has 4 N–H and O–H groups in total. The van der Waals surface area contributed by atoms with Crippen molar-refractivity contribution in [2.45, 2.75) is 24.8 Å². The molecule has 0 spiro atoms. The van der Waals surface area contributed by atoms with E-state index in [-0.39, 0.29) is 16.5 Å². The second-order valence-corrected chi connectivity index (χ2v) is 6.08. The van der Waals surface area contributed by atoms with Crippen LogP contribution in [0.4, 0.5) is 5.69 Å². The second-order valence-electron chi connectivity index (χ2n) is 4.51. The van der Waals surface area contributed by atoms with E-state index in [4.69, 9.17) is 10.4 Å². The molecule has 0 bridgehead atoms. The number of benzene rings is 1. The minimum absolute atomic E-state index is 0.0574. The summed E-state index contributed by atoms with van der Waals surface area (Å²) in [6, 6.07) is 7.20. The first kappa shape index (κ1) is 16.7. The minimum atomic E-state index is -3.77. The highest BCUT2D eigenvalue weighted by molar-refractivity contribution is 7.89. The Hall–Kier alpha value is -2.37. The predicted octanol–water partition coefficient (Wildman–Crippen LogP) is 0.678. The van der Waals surface area contributed by atoms with Crippen LogP contribution < -0.4 is 15.8 Å². The van der Waals surface area contributed by atoms with Crippen LogP contribution in [0.3, 0.4) is 0 Å². The SMILES string of the molecule is CC(C)N/C=C(/C#N)C(=O)Nc1ccc(S(N)(=O)=O)cc1. The molecule has 8 heteroatoms. The van der Waals surface area contributed by atoms with Crippen LogP contribution in [-0.2, 0) is 14.8 Å². The third-order valence-corrected chi connectivity index (χ3v) is 3.30. The lowest BCUT2D eigenvalue weighted by Crippen LogP contribution is -2.20. The summed E-state index contributed by atoms with van der Waals surface area (Å²) in [5.74, 6) is -0.589. The summed E-state index contributed by atoms with van der Waals surface area (Å²) in [4.78, 5) is 11.8. The summed E-state index contributed by atoms with van der Waals surface area (Å²) >= 11 is 0. The molecule has 0 aliphatic carbocycles. The highest BCUT2D eigenvalue weighted by Gasteiger charge is 2.11. The van der Waals surface area contributed by atoms with E-state index in [9.17, 15) is 13.2 Å². The maximum absolute atomic E-state index is 11.9. The molecule has 7 nitrogen and oxygen atoms in total. The number of carbonyl (C=O) groups excluding carboxylic acids is 1. The molecule has 0 aromatic heterocycles. The monoisotopic (exact) mass is 308 g/mol. The molecule has 0 saturated carbocycles. The van der Waals surface area contributed by atoms with Gasteiger partial charge in [0.05, 0.1) is 4.90 Å². The normalized spacial score (nSPS) is 11.9. The van der Waals surface area contributed by atoms with Gasteiger partial charge in [0.1, 0.15) is 11.6 Å². The van der Waals surface area contributed by atoms with E-state index in [1.807, 2.05) is 13.8 Å². The van der Waals surface area contributed by atoms with Gasteiger partial charge in [-0.3, -0.25) is 4.79 Å². The number of amides is 1. The number of nitrogens with one attached hydrogen (secondary N) is 2. The lowest BCUT2D eigenvalue weighted by molar-refractivity contribution is -0.112. The summed E-state index contributed by atoms with van der Waals surface area (Å²) < 4.78 is 22.2. The van der Waals surface area contributed by atoms with Gasteiger partial charge in [-0.2, -0.15) is 5.26 Å². The fraction of sp³-hybridized carbons (Fsp3) is 0.231. The average Bonchev–Trinajstić information content (AvgIpc) is 2.38. The Morgan fingerprint density at radius 1 is 1.33 bits per heavy atom. The van der Waals surface area contributed by atoms with Gasteiger partial charge in [0.25, 0.3) is 5.91 Å². The molecular weight excluding hydrogens is 292 g/mol. The van der Waals surface area contributed by atoms with Crippen molar-refractivity contribution >= 4 is 21.6 Å². The number of nitriles is 1. The Morgan fingerprint density at radius 2 is 1.90 bits per heavy atom. The topological polar surface area (TPSA) is 125 Å². The molecule has 0 aliphatic rings. The third kappa shape index (κ3) is 5.25. The molecule has 21 heavy (non-hydrogen) atoms. The fourth-order valence-corrected chi connectivity index (χ4v) is 1.84. The molecule has 0 heterocycles. The van der Waals surface area contributed by atoms with E-state index >= 15 is 0 Å². The summed E-state index contributed by atoms with van der Waals surface area (Å²) in [5.41, 5.74) is 0.275. The quantitative estimate of drug-likeness (QED) is 0.545. The van der Waals surface area contributed by atoms with Crippen LogP contribution >= 0.6 is 0 Å². The van der Waals surface area contributed by atoms with Crippen LogP contribution in [0.5, 0.6) is 0 Å². The molecule has 1 rings (SSSR count). The molecular formula is C13H16N4O3S. The lowest BCUT2D eigenvalue weighted by Gasteiger charge is -2.07. The standard InChI is InChI=1S/C13H16N4O3S/c1-9(2)16-8-10(7-14)13(18)17-11-3-5-12(6-4-11)21(15,19)20/h3-6,8-9,16H,1-2H3,(H,17,18)(H2,15,19,20)/b10-8-. The molecule has 0 radical (unpaired) electrons. The molecule has 0 atom stereocenters. The molecule has 0 aliphatic heterocycles. The Labute approximate surface area is 123 Å². The molecule has 1 aromatic carbocycles. The molecule has 112 valence electrons. The highest BCUT2D eigenvalue weighted by Crippen LogP contribution is 2.13. The Morgan fingerprint density at radius 3 is 2.33 bits per heavy atom. The zero-order chi connectivity index (χ0) is 16.0. The van der Waals surface area contributed by atoms with Crippen molar-refractivity contribution in [1.29, 1.82) is 5.26 Å². The largest absolute Gasteiger partial charge is 0.387 e. The van der Waals surface area contributed by atoms with E-state index in [1.54, 1.807) is 6.07 Å². The summed E-state index contributed by atoms with van der Waals surface area (Å²) in [7, 11) is -3.77. The van der Waals surface area contributed by atoms with Crippen molar-refractivity contribution in [1.82, 2.24) is 5.32 Å². The van der Waals surface area contributed by atoms with Crippen LogP contribution in [0.25, 0.3) is 0 Å². The fourth-order valence-electron chi connectivity index (χ4n) is 1.32. The van der Waals surface area contributed by atoms with Crippen LogP contribution in [0.2, 0.25) is 0 Å². The van der Waals surface area contributed by atoms with Crippen molar-refractivity contribution in [3.8, 4) is 6.07 Å². The number of nitrogens with two attached hydrogens (primary N) is 1. The summed E-state index contributed by atoms with van der Waals surface area (Å²) in [6.45, 7) is 3.74. The Balaban J connectivity index is 2.84. The van der Waals surface area contributed by atoms with E-state index < -0.39 is 15.9 Å². The van der Waals surface area contributed by atoms with E-state index in [1.165, 1.54) is 30.5 Å². The van der Waals surface area contributed by atoms with E-state index in [0.29, 0.717) is 5.69 Å². The van der Waals surface area contributed by atoms with E-state index in [2.05, 4.69) is 10.6 Å².